The number of hydrogen-bond acceptors (Lipinski definition) is 6. The molecule has 1 aromatic carbocycles. The number of nitrogens with zero attached hydrogens (tertiary/aromatic N) is 2. The molecule has 1 amide bonds. The minimum Gasteiger partial charge on any atom is -0.399 e. The summed E-state index contributed by atoms with van der Waals surface area (Å²) < 4.78 is 32.6. The smallest absolute Gasteiger partial charge is 0.399 e. The minimum absolute atomic E-state index is 0.103. The Morgan fingerprint density at radius 3 is 2.38 bits per heavy atom. The van der Waals surface area contributed by atoms with Gasteiger partial charge in [-0.2, -0.15) is 0 Å². The molecule has 2 aliphatic heterocycles. The number of amides is 1. The third-order valence-electron chi connectivity index (χ3n) is 6.13. The van der Waals surface area contributed by atoms with Gasteiger partial charge in [0.05, 0.1) is 30.0 Å². The van der Waals surface area contributed by atoms with Crippen molar-refractivity contribution in [2.45, 2.75) is 38.9 Å². The lowest BCUT2D eigenvalue weighted by Gasteiger charge is -2.32. The summed E-state index contributed by atoms with van der Waals surface area (Å²) in [5.74, 6) is -1.14. The summed E-state index contributed by atoms with van der Waals surface area (Å²) in [4.78, 5) is 16.7. The first-order chi connectivity index (χ1) is 13.5. The van der Waals surface area contributed by atoms with Crippen molar-refractivity contribution >= 4 is 24.2 Å². The van der Waals surface area contributed by atoms with Crippen LogP contribution >= 0.6 is 0 Å². The molecule has 7 nitrogen and oxygen atoms in total. The summed E-state index contributed by atoms with van der Waals surface area (Å²) >= 11 is 0. The Bertz CT molecular complexity index is 752. The van der Waals surface area contributed by atoms with Gasteiger partial charge in [0, 0.05) is 44.4 Å². The van der Waals surface area contributed by atoms with Crippen LogP contribution in [0.25, 0.3) is 0 Å². The molecule has 0 saturated carbocycles. The summed E-state index contributed by atoms with van der Waals surface area (Å²) in [5, 5.41) is 0. The number of carbonyl (C=O) groups excluding carboxylic acids is 1. The number of likely N-dealkylation sites (N-methyl/N-ethyl adjacent to an activating group) is 1. The van der Waals surface area contributed by atoms with E-state index in [1.54, 1.807) is 7.05 Å². The van der Waals surface area contributed by atoms with E-state index >= 15 is 4.39 Å². The largest absolute Gasteiger partial charge is 0.497 e. The summed E-state index contributed by atoms with van der Waals surface area (Å²) in [6.07, 6.45) is 0. The molecular weight excluding hydrogens is 376 g/mol. The number of anilines is 1. The van der Waals surface area contributed by atoms with E-state index in [-0.39, 0.29) is 16.7 Å². The van der Waals surface area contributed by atoms with E-state index in [2.05, 4.69) is 4.90 Å². The Labute approximate surface area is 172 Å². The summed E-state index contributed by atoms with van der Waals surface area (Å²) in [7, 11) is 0.758. The molecule has 2 N–H and O–H groups in total. The predicted octanol–water partition coefficient (Wildman–Crippen LogP) is 1.11. The normalized spacial score (nSPS) is 21.4. The van der Waals surface area contributed by atoms with E-state index in [0.717, 1.165) is 13.1 Å². The quantitative estimate of drug-likeness (QED) is 0.582. The van der Waals surface area contributed by atoms with Crippen LogP contribution in [0.2, 0.25) is 0 Å². The van der Waals surface area contributed by atoms with Crippen LogP contribution in [0.4, 0.5) is 10.1 Å². The second kappa shape index (κ2) is 8.22. The van der Waals surface area contributed by atoms with Crippen LogP contribution in [-0.4, -0.2) is 80.5 Å². The lowest BCUT2D eigenvalue weighted by Crippen LogP contribution is -2.43. The van der Waals surface area contributed by atoms with Gasteiger partial charge in [-0.25, -0.2) is 4.39 Å². The summed E-state index contributed by atoms with van der Waals surface area (Å²) in [5.41, 5.74) is 4.91. The van der Waals surface area contributed by atoms with Crippen LogP contribution in [-0.2, 0) is 14.0 Å². The molecule has 0 radical (unpaired) electrons. The van der Waals surface area contributed by atoms with Crippen molar-refractivity contribution in [2.24, 2.45) is 0 Å². The lowest BCUT2D eigenvalue weighted by molar-refractivity contribution is 0.00578. The van der Waals surface area contributed by atoms with Crippen molar-refractivity contribution in [1.29, 1.82) is 0 Å². The first-order valence-corrected chi connectivity index (χ1v) is 10.0. The molecule has 0 unspecified atom stereocenters. The number of halogens is 1. The molecule has 0 aromatic heterocycles. The number of benzene rings is 1. The number of ether oxygens (including phenoxy) is 1. The zero-order valence-electron chi connectivity index (χ0n) is 18.0. The van der Waals surface area contributed by atoms with Crippen molar-refractivity contribution in [3.63, 3.8) is 0 Å². The Morgan fingerprint density at radius 2 is 1.79 bits per heavy atom. The molecule has 0 aliphatic carbocycles. The molecule has 0 atom stereocenters. The van der Waals surface area contributed by atoms with Crippen molar-refractivity contribution in [2.75, 3.05) is 52.2 Å². The third kappa shape index (κ3) is 4.43. The number of nitrogens with two attached hydrogens (primary N) is 1. The highest BCUT2D eigenvalue weighted by Gasteiger charge is 2.52. The third-order valence-corrected chi connectivity index (χ3v) is 6.13. The van der Waals surface area contributed by atoms with Crippen LogP contribution in [0.1, 0.15) is 38.1 Å². The van der Waals surface area contributed by atoms with Gasteiger partial charge < -0.3 is 24.7 Å². The number of rotatable bonds is 5. The van der Waals surface area contributed by atoms with Gasteiger partial charge in [0.1, 0.15) is 5.82 Å². The standard InChI is InChI=1S/C20H31BFN3O4/c1-19(2)20(3,4)29-21(28-19)14-6-7-15(23)16(17(14)22)18(26)24(5)8-9-25-10-12-27-13-11-25/h6-7H,8-13,23H2,1-5H3. The topological polar surface area (TPSA) is 77.3 Å². The summed E-state index contributed by atoms with van der Waals surface area (Å²) in [6, 6.07) is 3.06. The Kier molecular flexibility index (Phi) is 6.24. The number of morpholine rings is 1. The van der Waals surface area contributed by atoms with Gasteiger partial charge in [-0.05, 0) is 33.8 Å². The summed E-state index contributed by atoms with van der Waals surface area (Å²) in [6.45, 7) is 11.8. The van der Waals surface area contributed by atoms with Crippen molar-refractivity contribution in [3.05, 3.63) is 23.5 Å². The van der Waals surface area contributed by atoms with Gasteiger partial charge in [0.15, 0.2) is 0 Å². The van der Waals surface area contributed by atoms with Gasteiger partial charge >= 0.3 is 7.12 Å². The average molecular weight is 407 g/mol. The predicted molar refractivity (Wildman–Crippen MR) is 111 cm³/mol. The molecule has 2 heterocycles. The van der Waals surface area contributed by atoms with Gasteiger partial charge in [0.25, 0.3) is 5.91 Å². The molecule has 2 fully saturated rings. The van der Waals surface area contributed by atoms with Crippen molar-refractivity contribution in [3.8, 4) is 0 Å². The monoisotopic (exact) mass is 407 g/mol. The Balaban J connectivity index is 1.77. The fourth-order valence-electron chi connectivity index (χ4n) is 3.39. The highest BCUT2D eigenvalue weighted by Crippen LogP contribution is 2.37. The van der Waals surface area contributed by atoms with E-state index in [9.17, 15) is 4.79 Å². The fraction of sp³-hybridized carbons (Fsp3) is 0.650. The molecule has 160 valence electrons. The van der Waals surface area contributed by atoms with E-state index in [4.69, 9.17) is 19.8 Å². The van der Waals surface area contributed by atoms with Crippen LogP contribution in [0, 0.1) is 5.82 Å². The molecular formula is C20H31BFN3O4. The van der Waals surface area contributed by atoms with Crippen molar-refractivity contribution < 1.29 is 23.2 Å². The van der Waals surface area contributed by atoms with E-state index in [1.807, 2.05) is 27.7 Å². The maximum absolute atomic E-state index is 15.4. The van der Waals surface area contributed by atoms with Crippen LogP contribution in [0.15, 0.2) is 12.1 Å². The highest BCUT2D eigenvalue weighted by molar-refractivity contribution is 6.62. The van der Waals surface area contributed by atoms with Crippen LogP contribution in [0.3, 0.4) is 0 Å². The zero-order valence-corrected chi connectivity index (χ0v) is 18.0. The van der Waals surface area contributed by atoms with Gasteiger partial charge in [-0.3, -0.25) is 9.69 Å². The van der Waals surface area contributed by atoms with Gasteiger partial charge in [-0.1, -0.05) is 6.07 Å². The number of carbonyl (C=O) groups is 1. The molecule has 2 aliphatic rings. The maximum atomic E-state index is 15.4. The molecule has 3 rings (SSSR count). The van der Waals surface area contributed by atoms with E-state index < -0.39 is 30.0 Å². The fourth-order valence-corrected chi connectivity index (χ4v) is 3.39. The molecule has 1 aromatic rings. The Morgan fingerprint density at radius 1 is 1.21 bits per heavy atom. The van der Waals surface area contributed by atoms with Gasteiger partial charge in [-0.15, -0.1) is 0 Å². The van der Waals surface area contributed by atoms with E-state index in [1.165, 1.54) is 17.0 Å². The second-order valence-electron chi connectivity index (χ2n) is 8.70. The van der Waals surface area contributed by atoms with Crippen LogP contribution < -0.4 is 11.2 Å². The first kappa shape index (κ1) is 22.0. The maximum Gasteiger partial charge on any atom is 0.497 e. The molecule has 29 heavy (non-hydrogen) atoms. The minimum atomic E-state index is -0.897. The molecule has 0 spiro atoms. The van der Waals surface area contributed by atoms with Gasteiger partial charge in [0.2, 0.25) is 0 Å². The second-order valence-corrected chi connectivity index (χ2v) is 8.70. The molecule has 0 bridgehead atoms. The average Bonchev–Trinajstić information content (AvgIpc) is 2.87. The number of hydrogen-bond donors (Lipinski definition) is 1. The first-order valence-electron chi connectivity index (χ1n) is 10.0. The molecule has 2 saturated heterocycles. The van der Waals surface area contributed by atoms with Crippen molar-refractivity contribution in [1.82, 2.24) is 9.80 Å². The highest BCUT2D eigenvalue weighted by atomic mass is 19.1. The van der Waals surface area contributed by atoms with E-state index in [0.29, 0.717) is 26.3 Å². The van der Waals surface area contributed by atoms with Crippen LogP contribution in [0.5, 0.6) is 0 Å². The number of nitrogen functional groups attached to an aromatic ring is 1. The SMILES string of the molecule is CN(CCN1CCOCC1)C(=O)c1c(N)ccc(B2OC(C)(C)C(C)(C)O2)c1F. The molecule has 9 heteroatoms. The Hall–Kier alpha value is -1.68. The zero-order chi connectivity index (χ0) is 21.4. The lowest BCUT2D eigenvalue weighted by atomic mass is 9.77.